The summed E-state index contributed by atoms with van der Waals surface area (Å²) in [6.45, 7) is 1.68. The normalized spacial score (nSPS) is 11.8. The van der Waals surface area contributed by atoms with Crippen molar-refractivity contribution in [3.05, 3.63) is 100 Å². The summed E-state index contributed by atoms with van der Waals surface area (Å²) in [4.78, 5) is 20.4. The van der Waals surface area contributed by atoms with E-state index in [9.17, 15) is 18.0 Å². The molecular formula is C25H18F3N5O. The standard InChI is InChI=1S/C25H18F3N5O/c1-15-11-18(6-9-29-15)23-20-12-16(4-5-21(20)31-32-23)17-7-10-33(22(34)13-17)14-19-3-2-8-30-24(19)25(26,27)28/h2-13H,14H2,1H3,(H,31,32). The number of rotatable bonds is 4. The number of nitrogens with zero attached hydrogens (tertiary/aromatic N) is 4. The van der Waals surface area contributed by atoms with Gasteiger partial charge in [-0.3, -0.25) is 19.9 Å². The highest BCUT2D eigenvalue weighted by molar-refractivity contribution is 5.95. The van der Waals surface area contributed by atoms with Gasteiger partial charge < -0.3 is 4.57 Å². The number of benzene rings is 1. The third-order valence-corrected chi connectivity index (χ3v) is 5.56. The lowest BCUT2D eigenvalue weighted by molar-refractivity contribution is -0.141. The van der Waals surface area contributed by atoms with Gasteiger partial charge in [0.2, 0.25) is 0 Å². The molecule has 34 heavy (non-hydrogen) atoms. The Bertz CT molecular complexity index is 1570. The van der Waals surface area contributed by atoms with Crippen LogP contribution >= 0.6 is 0 Å². The Morgan fingerprint density at radius 1 is 0.941 bits per heavy atom. The minimum Gasteiger partial charge on any atom is -0.311 e. The maximum Gasteiger partial charge on any atom is 0.433 e. The number of aromatic nitrogens is 5. The number of halogens is 3. The smallest absolute Gasteiger partial charge is 0.311 e. The van der Waals surface area contributed by atoms with Crippen molar-refractivity contribution in [1.29, 1.82) is 0 Å². The van der Waals surface area contributed by atoms with Crippen molar-refractivity contribution in [2.24, 2.45) is 0 Å². The van der Waals surface area contributed by atoms with Gasteiger partial charge in [-0.05, 0) is 54.4 Å². The van der Waals surface area contributed by atoms with Crippen LogP contribution in [-0.2, 0) is 12.7 Å². The summed E-state index contributed by atoms with van der Waals surface area (Å²) >= 11 is 0. The minimum absolute atomic E-state index is 0.0676. The quantitative estimate of drug-likeness (QED) is 0.398. The first kappa shape index (κ1) is 21.6. The topological polar surface area (TPSA) is 76.5 Å². The molecule has 9 heteroatoms. The maximum absolute atomic E-state index is 13.3. The Hall–Kier alpha value is -4.27. The Balaban J connectivity index is 1.50. The second-order valence-corrected chi connectivity index (χ2v) is 7.91. The van der Waals surface area contributed by atoms with Crippen LogP contribution in [0.1, 0.15) is 17.0 Å². The Morgan fingerprint density at radius 2 is 1.76 bits per heavy atom. The molecule has 4 aromatic heterocycles. The number of pyridine rings is 3. The van der Waals surface area contributed by atoms with Gasteiger partial charge in [0.1, 0.15) is 11.4 Å². The molecule has 0 bridgehead atoms. The molecule has 1 aromatic carbocycles. The number of alkyl halides is 3. The molecule has 0 amide bonds. The molecule has 6 nitrogen and oxygen atoms in total. The molecule has 0 saturated carbocycles. The van der Waals surface area contributed by atoms with Crippen molar-refractivity contribution in [1.82, 2.24) is 24.7 Å². The molecule has 0 aliphatic rings. The van der Waals surface area contributed by atoms with E-state index in [1.54, 1.807) is 12.3 Å². The summed E-state index contributed by atoms with van der Waals surface area (Å²) in [5.41, 5.74) is 3.39. The summed E-state index contributed by atoms with van der Waals surface area (Å²) in [5.74, 6) is 0. The highest BCUT2D eigenvalue weighted by Gasteiger charge is 2.35. The molecular weight excluding hydrogens is 443 g/mol. The summed E-state index contributed by atoms with van der Waals surface area (Å²) in [7, 11) is 0. The lowest BCUT2D eigenvalue weighted by atomic mass is 10.0. The predicted octanol–water partition coefficient (Wildman–Crippen LogP) is 5.22. The van der Waals surface area contributed by atoms with Gasteiger partial charge in [-0.15, -0.1) is 0 Å². The average molecular weight is 461 g/mol. The van der Waals surface area contributed by atoms with Crippen LogP contribution in [0.4, 0.5) is 13.2 Å². The largest absolute Gasteiger partial charge is 0.433 e. The SMILES string of the molecule is Cc1cc(-c2n[nH]c3ccc(-c4ccn(Cc5cccnc5C(F)(F)F)c(=O)c4)cc23)ccn1. The van der Waals surface area contributed by atoms with Crippen molar-refractivity contribution in [3.63, 3.8) is 0 Å². The van der Waals surface area contributed by atoms with E-state index in [0.29, 0.717) is 5.56 Å². The minimum atomic E-state index is -4.59. The van der Waals surface area contributed by atoms with Crippen molar-refractivity contribution < 1.29 is 13.2 Å². The average Bonchev–Trinajstić information content (AvgIpc) is 3.23. The van der Waals surface area contributed by atoms with Gasteiger partial charge in [-0.2, -0.15) is 18.3 Å². The Kier molecular flexibility index (Phi) is 5.24. The van der Waals surface area contributed by atoms with E-state index in [1.807, 2.05) is 37.3 Å². The zero-order chi connectivity index (χ0) is 23.9. The van der Waals surface area contributed by atoms with Crippen LogP contribution in [0, 0.1) is 6.92 Å². The second-order valence-electron chi connectivity index (χ2n) is 7.91. The third-order valence-electron chi connectivity index (χ3n) is 5.56. The number of hydrogen-bond acceptors (Lipinski definition) is 4. The van der Waals surface area contributed by atoms with Crippen LogP contribution in [0.2, 0.25) is 0 Å². The Labute approximate surface area is 191 Å². The van der Waals surface area contributed by atoms with Gasteiger partial charge >= 0.3 is 6.18 Å². The molecule has 0 aliphatic heterocycles. The van der Waals surface area contributed by atoms with Gasteiger partial charge in [0.05, 0.1) is 12.1 Å². The molecule has 0 aliphatic carbocycles. The van der Waals surface area contributed by atoms with Crippen LogP contribution in [0.5, 0.6) is 0 Å². The van der Waals surface area contributed by atoms with Crippen molar-refractivity contribution in [2.75, 3.05) is 0 Å². The maximum atomic E-state index is 13.3. The summed E-state index contributed by atoms with van der Waals surface area (Å²) in [6, 6.07) is 15.4. The predicted molar refractivity (Wildman–Crippen MR) is 122 cm³/mol. The van der Waals surface area contributed by atoms with E-state index < -0.39 is 17.4 Å². The molecule has 170 valence electrons. The van der Waals surface area contributed by atoms with Gasteiger partial charge in [0.25, 0.3) is 5.56 Å². The van der Waals surface area contributed by atoms with E-state index in [4.69, 9.17) is 0 Å². The van der Waals surface area contributed by atoms with Crippen molar-refractivity contribution in [2.45, 2.75) is 19.6 Å². The van der Waals surface area contributed by atoms with E-state index in [1.165, 1.54) is 29.0 Å². The highest BCUT2D eigenvalue weighted by atomic mass is 19.4. The fourth-order valence-electron chi connectivity index (χ4n) is 3.93. The monoisotopic (exact) mass is 461 g/mol. The van der Waals surface area contributed by atoms with Crippen molar-refractivity contribution in [3.8, 4) is 22.4 Å². The molecule has 1 N–H and O–H groups in total. The second kappa shape index (κ2) is 8.26. The van der Waals surface area contributed by atoms with Crippen LogP contribution in [0.3, 0.4) is 0 Å². The molecule has 0 radical (unpaired) electrons. The zero-order valence-corrected chi connectivity index (χ0v) is 18.0. The fraction of sp³-hybridized carbons (Fsp3) is 0.120. The fourth-order valence-corrected chi connectivity index (χ4v) is 3.93. The van der Waals surface area contributed by atoms with Crippen molar-refractivity contribution >= 4 is 10.9 Å². The molecule has 0 fully saturated rings. The first-order chi connectivity index (χ1) is 16.3. The van der Waals surface area contributed by atoms with Crippen LogP contribution in [0.15, 0.2) is 78.0 Å². The number of hydrogen-bond donors (Lipinski definition) is 1. The molecule has 5 rings (SSSR count). The van der Waals surface area contributed by atoms with E-state index in [-0.39, 0.29) is 12.1 Å². The number of H-pyrrole nitrogens is 1. The first-order valence-electron chi connectivity index (χ1n) is 10.4. The lowest BCUT2D eigenvalue weighted by Crippen LogP contribution is -2.21. The highest BCUT2D eigenvalue weighted by Crippen LogP contribution is 2.31. The number of fused-ring (bicyclic) bond motifs is 1. The van der Waals surface area contributed by atoms with E-state index >= 15 is 0 Å². The Morgan fingerprint density at radius 3 is 2.53 bits per heavy atom. The van der Waals surface area contributed by atoms with Crippen LogP contribution in [-0.4, -0.2) is 24.7 Å². The molecule has 0 spiro atoms. The third kappa shape index (κ3) is 4.07. The molecule has 0 atom stereocenters. The first-order valence-corrected chi connectivity index (χ1v) is 10.4. The lowest BCUT2D eigenvalue weighted by Gasteiger charge is -2.13. The molecule has 5 aromatic rings. The zero-order valence-electron chi connectivity index (χ0n) is 18.0. The molecule has 4 heterocycles. The number of aryl methyl sites for hydroxylation is 1. The van der Waals surface area contributed by atoms with Gasteiger partial charge in [0, 0.05) is 46.9 Å². The summed E-state index contributed by atoms with van der Waals surface area (Å²) < 4.78 is 41.0. The summed E-state index contributed by atoms with van der Waals surface area (Å²) in [5, 5.41) is 8.33. The van der Waals surface area contributed by atoms with E-state index in [2.05, 4.69) is 20.2 Å². The molecule has 0 saturated heterocycles. The molecule has 0 unspecified atom stereocenters. The van der Waals surface area contributed by atoms with E-state index in [0.717, 1.165) is 39.6 Å². The van der Waals surface area contributed by atoms with Gasteiger partial charge in [-0.1, -0.05) is 12.1 Å². The van der Waals surface area contributed by atoms with Crippen LogP contribution < -0.4 is 5.56 Å². The number of nitrogens with one attached hydrogen (secondary N) is 1. The van der Waals surface area contributed by atoms with Crippen LogP contribution in [0.25, 0.3) is 33.3 Å². The van der Waals surface area contributed by atoms with Gasteiger partial charge in [-0.25, -0.2) is 0 Å². The van der Waals surface area contributed by atoms with Gasteiger partial charge in [0.15, 0.2) is 0 Å². The summed E-state index contributed by atoms with van der Waals surface area (Å²) in [6.07, 6.45) is -0.282. The number of aromatic amines is 1.